The van der Waals surface area contributed by atoms with Crippen molar-refractivity contribution in [1.29, 1.82) is 0 Å². The highest BCUT2D eigenvalue weighted by atomic mass is 16.5. The molecule has 4 saturated carbocycles. The second kappa shape index (κ2) is 7.21. The molecule has 0 bridgehead atoms. The minimum absolute atomic E-state index is 0.0977. The second-order valence-electron chi connectivity index (χ2n) is 14.8. The van der Waals surface area contributed by atoms with Crippen LogP contribution < -0.4 is 0 Å². The summed E-state index contributed by atoms with van der Waals surface area (Å²) in [7, 11) is 1.89. The van der Waals surface area contributed by atoms with Crippen molar-refractivity contribution in [1.82, 2.24) is 0 Å². The van der Waals surface area contributed by atoms with Crippen LogP contribution in [0, 0.1) is 56.7 Å². The normalized spacial score (nSPS) is 53.1. The molecule has 0 aliphatic heterocycles. The summed E-state index contributed by atoms with van der Waals surface area (Å²) in [6.45, 7) is 19.7. The molecule has 186 valence electrons. The highest BCUT2D eigenvalue weighted by molar-refractivity contribution is 5.98. The van der Waals surface area contributed by atoms with Crippen molar-refractivity contribution < 1.29 is 9.53 Å². The van der Waals surface area contributed by atoms with Crippen molar-refractivity contribution in [2.24, 2.45) is 56.7 Å². The average molecular weight is 455 g/mol. The SMILES string of the molecule is CO[C@H]1CC[C@]2(C)C3=CC(=O)[C@@]4(C)[C@@H]5CC[C@H](C(C)C)[C@@]5(C)CC[C@]4(C)[C@H]3CC[C@H]2C1(C)C. The van der Waals surface area contributed by atoms with E-state index >= 15 is 0 Å². The Labute approximate surface area is 203 Å². The van der Waals surface area contributed by atoms with Crippen LogP contribution in [0.4, 0.5) is 0 Å². The van der Waals surface area contributed by atoms with Gasteiger partial charge in [0.15, 0.2) is 5.78 Å². The second-order valence-corrected chi connectivity index (χ2v) is 14.8. The number of ketones is 1. The fourth-order valence-electron chi connectivity index (χ4n) is 11.4. The van der Waals surface area contributed by atoms with Crippen LogP contribution in [0.5, 0.6) is 0 Å². The van der Waals surface area contributed by atoms with Gasteiger partial charge >= 0.3 is 0 Å². The Kier molecular flexibility index (Phi) is 5.26. The quantitative estimate of drug-likeness (QED) is 0.424. The molecule has 0 amide bonds. The molecule has 33 heavy (non-hydrogen) atoms. The summed E-state index contributed by atoms with van der Waals surface area (Å²) < 4.78 is 5.98. The molecule has 2 heteroatoms. The molecule has 0 aromatic carbocycles. The zero-order valence-corrected chi connectivity index (χ0v) is 23.0. The minimum atomic E-state index is -0.208. The van der Waals surface area contributed by atoms with E-state index in [1.54, 1.807) is 0 Å². The summed E-state index contributed by atoms with van der Waals surface area (Å²) in [5.41, 5.74) is 2.04. The Morgan fingerprint density at radius 2 is 1.55 bits per heavy atom. The van der Waals surface area contributed by atoms with Crippen molar-refractivity contribution in [3.63, 3.8) is 0 Å². The van der Waals surface area contributed by atoms with E-state index in [0.717, 1.165) is 12.3 Å². The van der Waals surface area contributed by atoms with Gasteiger partial charge in [0.05, 0.1) is 6.10 Å². The molecule has 0 N–H and O–H groups in total. The van der Waals surface area contributed by atoms with E-state index in [1.807, 2.05) is 7.11 Å². The maximum atomic E-state index is 14.4. The predicted molar refractivity (Wildman–Crippen MR) is 136 cm³/mol. The van der Waals surface area contributed by atoms with Gasteiger partial charge in [-0.05, 0) is 109 Å². The van der Waals surface area contributed by atoms with Crippen molar-refractivity contribution in [3.8, 4) is 0 Å². The fraction of sp³-hybridized carbons (Fsp3) is 0.903. The van der Waals surface area contributed by atoms with Crippen LogP contribution in [0.25, 0.3) is 0 Å². The van der Waals surface area contributed by atoms with Gasteiger partial charge in [0.2, 0.25) is 0 Å². The molecule has 9 atom stereocenters. The van der Waals surface area contributed by atoms with Gasteiger partial charge in [-0.15, -0.1) is 0 Å². The number of methoxy groups -OCH3 is 1. The lowest BCUT2D eigenvalue weighted by molar-refractivity contribution is -0.178. The van der Waals surface area contributed by atoms with Gasteiger partial charge in [-0.25, -0.2) is 0 Å². The van der Waals surface area contributed by atoms with Gasteiger partial charge in [-0.3, -0.25) is 4.79 Å². The molecule has 5 rings (SSSR count). The summed E-state index contributed by atoms with van der Waals surface area (Å²) in [4.78, 5) is 14.4. The van der Waals surface area contributed by atoms with Gasteiger partial charge < -0.3 is 4.74 Å². The molecular weight excluding hydrogens is 404 g/mol. The summed E-state index contributed by atoms with van der Waals surface area (Å²) in [5, 5.41) is 0. The first-order chi connectivity index (χ1) is 15.3. The third kappa shape index (κ3) is 2.74. The maximum absolute atomic E-state index is 14.4. The van der Waals surface area contributed by atoms with E-state index in [2.05, 4.69) is 61.5 Å². The molecule has 0 unspecified atom stereocenters. The highest BCUT2D eigenvalue weighted by Gasteiger charge is 2.71. The van der Waals surface area contributed by atoms with Crippen LogP contribution in [0.3, 0.4) is 0 Å². The van der Waals surface area contributed by atoms with Crippen LogP contribution in [0.2, 0.25) is 0 Å². The first-order valence-corrected chi connectivity index (χ1v) is 14.1. The van der Waals surface area contributed by atoms with E-state index in [9.17, 15) is 4.79 Å². The standard InChI is InChI=1S/C31H50O2/c1-19(2)20-10-13-24-29(20,6)16-17-30(7)21-11-12-23-27(3,4)26(33-9)14-15-28(23,5)22(21)18-25(32)31(24,30)8/h18-21,23-24,26H,10-17H2,1-9H3/t20-,21+,23+,24-,26+,28-,29-,30-,31-/m1/s1. The predicted octanol–water partition coefficient (Wildman–Crippen LogP) is 7.86. The zero-order chi connectivity index (χ0) is 24.2. The number of hydrogen-bond donors (Lipinski definition) is 0. The summed E-state index contributed by atoms with van der Waals surface area (Å²) >= 11 is 0. The molecule has 5 aliphatic carbocycles. The van der Waals surface area contributed by atoms with Crippen molar-refractivity contribution in [2.45, 2.75) is 113 Å². The van der Waals surface area contributed by atoms with E-state index < -0.39 is 0 Å². The van der Waals surface area contributed by atoms with Crippen LogP contribution in [-0.4, -0.2) is 19.0 Å². The summed E-state index contributed by atoms with van der Waals surface area (Å²) in [6, 6.07) is 0. The molecule has 5 aliphatic rings. The zero-order valence-electron chi connectivity index (χ0n) is 23.0. The van der Waals surface area contributed by atoms with Gasteiger partial charge in [0.25, 0.3) is 0 Å². The molecule has 0 spiro atoms. The molecular formula is C31H50O2. The first kappa shape index (κ1) is 24.1. The van der Waals surface area contributed by atoms with E-state index in [-0.39, 0.29) is 21.7 Å². The molecule has 0 aromatic rings. The third-order valence-electron chi connectivity index (χ3n) is 13.3. The van der Waals surface area contributed by atoms with E-state index in [1.165, 1.54) is 50.5 Å². The maximum Gasteiger partial charge on any atom is 0.162 e. The van der Waals surface area contributed by atoms with Crippen LogP contribution >= 0.6 is 0 Å². The Morgan fingerprint density at radius 3 is 2.18 bits per heavy atom. The Bertz CT molecular complexity index is 868. The molecule has 2 nitrogen and oxygen atoms in total. The van der Waals surface area contributed by atoms with E-state index in [4.69, 9.17) is 4.74 Å². The number of hydrogen-bond acceptors (Lipinski definition) is 2. The number of fused-ring (bicyclic) bond motifs is 7. The largest absolute Gasteiger partial charge is 0.381 e. The number of ether oxygens (including phenoxy) is 1. The van der Waals surface area contributed by atoms with Gasteiger partial charge in [0, 0.05) is 12.5 Å². The molecule has 0 radical (unpaired) electrons. The van der Waals surface area contributed by atoms with Gasteiger partial charge in [-0.1, -0.05) is 61.0 Å². The fourth-order valence-corrected chi connectivity index (χ4v) is 11.4. The molecule has 0 saturated heterocycles. The number of rotatable bonds is 2. The molecule has 0 aromatic heterocycles. The monoisotopic (exact) mass is 454 g/mol. The first-order valence-electron chi connectivity index (χ1n) is 14.1. The molecule has 0 heterocycles. The summed E-state index contributed by atoms with van der Waals surface area (Å²) in [6.07, 6.45) is 12.5. The number of carbonyl (C=O) groups excluding carboxylic acids is 1. The Balaban J connectivity index is 1.59. The smallest absolute Gasteiger partial charge is 0.162 e. The average Bonchev–Trinajstić information content (AvgIpc) is 3.09. The van der Waals surface area contributed by atoms with E-state index in [0.29, 0.717) is 41.0 Å². The van der Waals surface area contributed by atoms with Crippen molar-refractivity contribution >= 4 is 5.78 Å². The van der Waals surface area contributed by atoms with Crippen molar-refractivity contribution in [3.05, 3.63) is 11.6 Å². The molecule has 4 fully saturated rings. The third-order valence-corrected chi connectivity index (χ3v) is 13.3. The van der Waals surface area contributed by atoms with Crippen molar-refractivity contribution in [2.75, 3.05) is 7.11 Å². The van der Waals surface area contributed by atoms with Crippen LogP contribution in [0.15, 0.2) is 11.6 Å². The number of allylic oxidation sites excluding steroid dienone is 2. The lowest BCUT2D eigenvalue weighted by Gasteiger charge is -2.68. The summed E-state index contributed by atoms with van der Waals surface area (Å²) in [5.74, 6) is 3.65. The number of carbonyl (C=O) groups is 1. The van der Waals surface area contributed by atoms with Crippen LogP contribution in [-0.2, 0) is 9.53 Å². The highest BCUT2D eigenvalue weighted by Crippen LogP contribution is 2.75. The lowest BCUT2D eigenvalue weighted by atomic mass is 9.35. The lowest BCUT2D eigenvalue weighted by Crippen LogP contribution is -2.64. The van der Waals surface area contributed by atoms with Gasteiger partial charge in [-0.2, -0.15) is 0 Å². The minimum Gasteiger partial charge on any atom is -0.381 e. The topological polar surface area (TPSA) is 26.3 Å². The Hall–Kier alpha value is -0.630. The Morgan fingerprint density at radius 1 is 0.879 bits per heavy atom. The van der Waals surface area contributed by atoms with Crippen LogP contribution in [0.1, 0.15) is 107 Å². The van der Waals surface area contributed by atoms with Gasteiger partial charge in [0.1, 0.15) is 0 Å².